The van der Waals surface area contributed by atoms with E-state index < -0.39 is 0 Å². The van der Waals surface area contributed by atoms with Crippen LogP contribution < -0.4 is 10.1 Å². The number of nitrogens with one attached hydrogen (secondary N) is 1. The van der Waals surface area contributed by atoms with Crippen molar-refractivity contribution >= 4 is 11.6 Å². The van der Waals surface area contributed by atoms with Crippen molar-refractivity contribution in [1.82, 2.24) is 0 Å². The second-order valence-electron chi connectivity index (χ2n) is 5.43. The van der Waals surface area contributed by atoms with Crippen LogP contribution in [0.4, 0.5) is 10.1 Å². The maximum Gasteiger partial charge on any atom is 0.255 e. The van der Waals surface area contributed by atoms with Crippen LogP contribution in [0.25, 0.3) is 0 Å². The van der Waals surface area contributed by atoms with Gasteiger partial charge in [-0.15, -0.1) is 0 Å². The summed E-state index contributed by atoms with van der Waals surface area (Å²) in [5.74, 6) is 0.0183. The third kappa shape index (κ3) is 4.29. The fourth-order valence-electron chi connectivity index (χ4n) is 2.44. The first kappa shape index (κ1) is 15.5. The molecule has 4 nitrogen and oxygen atoms in total. The number of anilines is 1. The number of carbonyl (C=O) groups is 1. The lowest BCUT2D eigenvalue weighted by Crippen LogP contribution is -2.16. The number of benzene rings is 2. The summed E-state index contributed by atoms with van der Waals surface area (Å²) in [6, 6.07) is 12.6. The molecule has 0 aromatic heterocycles. The van der Waals surface area contributed by atoms with Crippen LogP contribution in [0.5, 0.6) is 5.75 Å². The minimum atomic E-state index is -0.388. The van der Waals surface area contributed by atoms with Gasteiger partial charge in [-0.3, -0.25) is 4.79 Å². The lowest BCUT2D eigenvalue weighted by atomic mass is 10.2. The second kappa shape index (κ2) is 7.24. The first-order valence-corrected chi connectivity index (χ1v) is 7.62. The topological polar surface area (TPSA) is 47.6 Å². The number of amides is 1. The van der Waals surface area contributed by atoms with Gasteiger partial charge in [0.1, 0.15) is 18.2 Å². The van der Waals surface area contributed by atoms with Crippen LogP contribution in [-0.2, 0) is 4.74 Å². The zero-order valence-electron chi connectivity index (χ0n) is 12.6. The molecule has 1 aliphatic heterocycles. The number of rotatable bonds is 5. The van der Waals surface area contributed by atoms with Gasteiger partial charge in [0, 0.05) is 17.9 Å². The Morgan fingerprint density at radius 1 is 1.26 bits per heavy atom. The van der Waals surface area contributed by atoms with Crippen LogP contribution in [-0.4, -0.2) is 25.2 Å². The molecule has 1 aliphatic rings. The molecule has 1 saturated heterocycles. The summed E-state index contributed by atoms with van der Waals surface area (Å²) >= 11 is 0. The van der Waals surface area contributed by atoms with Gasteiger partial charge in [-0.1, -0.05) is 6.07 Å². The van der Waals surface area contributed by atoms with Crippen molar-refractivity contribution in [3.63, 3.8) is 0 Å². The van der Waals surface area contributed by atoms with Gasteiger partial charge in [-0.05, 0) is 55.3 Å². The second-order valence-corrected chi connectivity index (χ2v) is 5.43. The molecule has 2 aromatic carbocycles. The van der Waals surface area contributed by atoms with Gasteiger partial charge in [-0.2, -0.15) is 0 Å². The predicted octanol–water partition coefficient (Wildman–Crippen LogP) is 3.64. The summed E-state index contributed by atoms with van der Waals surface area (Å²) in [5, 5.41) is 2.66. The van der Waals surface area contributed by atoms with Crippen LogP contribution >= 0.6 is 0 Å². The average Bonchev–Trinajstić information content (AvgIpc) is 3.07. The number of ether oxygens (including phenoxy) is 2. The molecule has 0 spiro atoms. The molecular formula is C18H18FNO3. The molecule has 5 heteroatoms. The molecule has 120 valence electrons. The highest BCUT2D eigenvalue weighted by molar-refractivity contribution is 6.04. The van der Waals surface area contributed by atoms with E-state index >= 15 is 0 Å². The summed E-state index contributed by atoms with van der Waals surface area (Å²) in [6.07, 6.45) is 2.26. The third-order valence-corrected chi connectivity index (χ3v) is 3.66. The monoisotopic (exact) mass is 315 g/mol. The van der Waals surface area contributed by atoms with E-state index in [0.717, 1.165) is 19.4 Å². The van der Waals surface area contributed by atoms with Crippen molar-refractivity contribution in [3.8, 4) is 5.75 Å². The Hall–Kier alpha value is -2.40. The highest BCUT2D eigenvalue weighted by Crippen LogP contribution is 2.17. The van der Waals surface area contributed by atoms with E-state index in [9.17, 15) is 9.18 Å². The molecule has 1 heterocycles. The smallest absolute Gasteiger partial charge is 0.255 e. The number of hydrogen-bond acceptors (Lipinski definition) is 3. The Labute approximate surface area is 134 Å². The minimum absolute atomic E-state index is 0.158. The van der Waals surface area contributed by atoms with Crippen molar-refractivity contribution in [2.24, 2.45) is 0 Å². The number of carbonyl (C=O) groups excluding carboxylic acids is 1. The fraction of sp³-hybridized carbons (Fsp3) is 0.278. The van der Waals surface area contributed by atoms with Gasteiger partial charge in [0.15, 0.2) is 0 Å². The molecule has 0 bridgehead atoms. The SMILES string of the molecule is O=C(Nc1cccc(F)c1)c1ccc(OC[C@@H]2CCCO2)cc1. The molecular weight excluding hydrogens is 297 g/mol. The fourth-order valence-corrected chi connectivity index (χ4v) is 2.44. The molecule has 0 saturated carbocycles. The highest BCUT2D eigenvalue weighted by atomic mass is 19.1. The maximum absolute atomic E-state index is 13.1. The van der Waals surface area contributed by atoms with Crippen LogP contribution in [0, 0.1) is 5.82 Å². The van der Waals surface area contributed by atoms with Gasteiger partial charge in [0.25, 0.3) is 5.91 Å². The Kier molecular flexibility index (Phi) is 4.88. The van der Waals surface area contributed by atoms with Crippen molar-refractivity contribution in [2.75, 3.05) is 18.5 Å². The molecule has 2 aromatic rings. The van der Waals surface area contributed by atoms with Crippen molar-refractivity contribution < 1.29 is 18.7 Å². The van der Waals surface area contributed by atoms with Crippen molar-refractivity contribution in [1.29, 1.82) is 0 Å². The van der Waals surface area contributed by atoms with E-state index in [0.29, 0.717) is 23.6 Å². The minimum Gasteiger partial charge on any atom is -0.491 e. The van der Waals surface area contributed by atoms with Gasteiger partial charge >= 0.3 is 0 Å². The van der Waals surface area contributed by atoms with E-state index in [1.54, 1.807) is 36.4 Å². The van der Waals surface area contributed by atoms with Gasteiger partial charge < -0.3 is 14.8 Å². The van der Waals surface area contributed by atoms with Crippen LogP contribution in [0.15, 0.2) is 48.5 Å². The Balaban J connectivity index is 1.56. The molecule has 23 heavy (non-hydrogen) atoms. The first-order chi connectivity index (χ1) is 11.2. The van der Waals surface area contributed by atoms with Crippen LogP contribution in [0.2, 0.25) is 0 Å². The lowest BCUT2D eigenvalue weighted by Gasteiger charge is -2.11. The summed E-state index contributed by atoms with van der Waals surface area (Å²) < 4.78 is 24.3. The number of hydrogen-bond donors (Lipinski definition) is 1. The van der Waals surface area contributed by atoms with E-state index in [-0.39, 0.29) is 17.8 Å². The molecule has 1 N–H and O–H groups in total. The quantitative estimate of drug-likeness (QED) is 0.916. The zero-order chi connectivity index (χ0) is 16.1. The summed E-state index contributed by atoms with van der Waals surface area (Å²) in [6.45, 7) is 1.32. The first-order valence-electron chi connectivity index (χ1n) is 7.62. The average molecular weight is 315 g/mol. The normalized spacial score (nSPS) is 17.0. The molecule has 1 amide bonds. The van der Waals surface area contributed by atoms with Crippen molar-refractivity contribution in [2.45, 2.75) is 18.9 Å². The predicted molar refractivity (Wildman–Crippen MR) is 85.3 cm³/mol. The summed E-state index contributed by atoms with van der Waals surface area (Å²) in [7, 11) is 0. The summed E-state index contributed by atoms with van der Waals surface area (Å²) in [5.41, 5.74) is 0.910. The Bertz CT molecular complexity index is 666. The Morgan fingerprint density at radius 2 is 2.09 bits per heavy atom. The molecule has 0 unspecified atom stereocenters. The molecule has 1 atom stereocenters. The van der Waals surface area contributed by atoms with Gasteiger partial charge in [0.2, 0.25) is 0 Å². The van der Waals surface area contributed by atoms with E-state index in [4.69, 9.17) is 9.47 Å². The molecule has 0 radical (unpaired) electrons. The highest BCUT2D eigenvalue weighted by Gasteiger charge is 2.16. The van der Waals surface area contributed by atoms with Crippen LogP contribution in [0.1, 0.15) is 23.2 Å². The molecule has 0 aliphatic carbocycles. The summed E-state index contributed by atoms with van der Waals surface area (Å²) in [4.78, 5) is 12.1. The van der Waals surface area contributed by atoms with Crippen LogP contribution in [0.3, 0.4) is 0 Å². The van der Waals surface area contributed by atoms with E-state index in [2.05, 4.69) is 5.32 Å². The number of halogens is 1. The van der Waals surface area contributed by atoms with E-state index in [1.165, 1.54) is 12.1 Å². The molecule has 3 rings (SSSR count). The van der Waals surface area contributed by atoms with Gasteiger partial charge in [0.05, 0.1) is 6.10 Å². The van der Waals surface area contributed by atoms with Crippen molar-refractivity contribution in [3.05, 3.63) is 59.9 Å². The van der Waals surface area contributed by atoms with E-state index in [1.807, 2.05) is 0 Å². The standard InChI is InChI=1S/C18H18FNO3/c19-14-3-1-4-15(11-14)20-18(21)13-6-8-16(9-7-13)23-12-17-5-2-10-22-17/h1,3-4,6-9,11,17H,2,5,10,12H2,(H,20,21)/t17-/m0/s1. The lowest BCUT2D eigenvalue weighted by molar-refractivity contribution is 0.0679. The van der Waals surface area contributed by atoms with Gasteiger partial charge in [-0.25, -0.2) is 4.39 Å². The largest absolute Gasteiger partial charge is 0.491 e. The third-order valence-electron chi connectivity index (χ3n) is 3.66. The maximum atomic E-state index is 13.1. The Morgan fingerprint density at radius 3 is 2.78 bits per heavy atom. The molecule has 1 fully saturated rings. The zero-order valence-corrected chi connectivity index (χ0v) is 12.6.